The highest BCUT2D eigenvalue weighted by Gasteiger charge is 2.28. The maximum atomic E-state index is 11.1. The van der Waals surface area contributed by atoms with Crippen molar-refractivity contribution in [2.75, 3.05) is 30.3 Å². The molecule has 8 nitrogen and oxygen atoms in total. The molecule has 0 saturated carbocycles. The van der Waals surface area contributed by atoms with Crippen LogP contribution in [0.3, 0.4) is 0 Å². The topological polar surface area (TPSA) is 118 Å². The Bertz CT molecular complexity index is 485. The Labute approximate surface area is 110 Å². The molecule has 1 fully saturated rings. The zero-order valence-corrected chi connectivity index (χ0v) is 10.7. The van der Waals surface area contributed by atoms with Gasteiger partial charge in [-0.15, -0.1) is 0 Å². The fraction of sp³-hybridized carbons (Fsp3) is 0.636. The predicted molar refractivity (Wildman–Crippen MR) is 69.9 cm³/mol. The minimum absolute atomic E-state index is 0.0439. The molecule has 1 aliphatic rings. The number of nitrogen functional groups attached to an aromatic ring is 1. The van der Waals surface area contributed by atoms with Crippen LogP contribution in [0.25, 0.3) is 0 Å². The number of hydrogen-bond donors (Lipinski definition) is 2. The summed E-state index contributed by atoms with van der Waals surface area (Å²) in [6.07, 6.45) is 1.58. The molecular weight excluding hydrogens is 250 g/mol. The third-order valence-electron chi connectivity index (χ3n) is 3.41. The lowest BCUT2D eigenvalue weighted by Crippen LogP contribution is -2.36. The lowest BCUT2D eigenvalue weighted by Gasteiger charge is -2.31. The van der Waals surface area contributed by atoms with Crippen molar-refractivity contribution in [1.29, 1.82) is 0 Å². The lowest BCUT2D eigenvalue weighted by atomic mass is 9.98. The first-order valence-electron chi connectivity index (χ1n) is 6.17. The van der Waals surface area contributed by atoms with Gasteiger partial charge >= 0.3 is 5.69 Å². The van der Waals surface area contributed by atoms with Crippen molar-refractivity contribution in [2.24, 2.45) is 5.92 Å². The highest BCUT2D eigenvalue weighted by Crippen LogP contribution is 2.31. The van der Waals surface area contributed by atoms with E-state index in [2.05, 4.69) is 9.97 Å². The lowest BCUT2D eigenvalue weighted by molar-refractivity contribution is -0.385. The van der Waals surface area contributed by atoms with E-state index in [1.807, 2.05) is 4.90 Å². The standard InChI is InChI=1S/C11H17N5O3/c1-7-9(16(18)19)10(14-11(12)13-7)15-4-2-8(6-17)3-5-15/h8,17H,2-6H2,1H3,(H2,12,13,14). The van der Waals surface area contributed by atoms with Crippen molar-refractivity contribution < 1.29 is 10.0 Å². The number of aliphatic hydroxyl groups is 1. The van der Waals surface area contributed by atoms with Crippen LogP contribution in [0.15, 0.2) is 0 Å². The minimum Gasteiger partial charge on any atom is -0.396 e. The van der Waals surface area contributed by atoms with Crippen LogP contribution in [-0.2, 0) is 0 Å². The fourth-order valence-electron chi connectivity index (χ4n) is 2.33. The highest BCUT2D eigenvalue weighted by atomic mass is 16.6. The van der Waals surface area contributed by atoms with Gasteiger partial charge in [-0.3, -0.25) is 10.1 Å². The van der Waals surface area contributed by atoms with Crippen molar-refractivity contribution in [2.45, 2.75) is 19.8 Å². The van der Waals surface area contributed by atoms with Crippen molar-refractivity contribution in [3.05, 3.63) is 15.8 Å². The van der Waals surface area contributed by atoms with Gasteiger partial charge in [0.25, 0.3) is 0 Å². The summed E-state index contributed by atoms with van der Waals surface area (Å²) in [5.41, 5.74) is 5.77. The Morgan fingerprint density at radius 2 is 2.11 bits per heavy atom. The smallest absolute Gasteiger partial charge is 0.332 e. The molecule has 0 unspecified atom stereocenters. The van der Waals surface area contributed by atoms with E-state index < -0.39 is 4.92 Å². The number of piperidine rings is 1. The average Bonchev–Trinajstić information content (AvgIpc) is 2.37. The zero-order valence-electron chi connectivity index (χ0n) is 10.7. The van der Waals surface area contributed by atoms with Crippen molar-refractivity contribution in [1.82, 2.24) is 9.97 Å². The third kappa shape index (κ3) is 2.73. The number of aryl methyl sites for hydroxylation is 1. The molecule has 3 N–H and O–H groups in total. The predicted octanol–water partition coefficient (Wildman–Crippen LogP) is 0.484. The van der Waals surface area contributed by atoms with Crippen LogP contribution in [0.2, 0.25) is 0 Å². The number of nitrogens with two attached hydrogens (primary N) is 1. The second-order valence-electron chi connectivity index (χ2n) is 4.71. The molecule has 0 aromatic carbocycles. The van der Waals surface area contributed by atoms with E-state index in [-0.39, 0.29) is 35.7 Å². The summed E-state index contributed by atoms with van der Waals surface area (Å²) >= 11 is 0. The molecule has 0 amide bonds. The molecule has 8 heteroatoms. The molecule has 1 aliphatic heterocycles. The molecule has 2 heterocycles. The highest BCUT2D eigenvalue weighted by molar-refractivity contribution is 5.62. The van der Waals surface area contributed by atoms with Gasteiger partial charge in [-0.05, 0) is 25.7 Å². The van der Waals surface area contributed by atoms with Crippen molar-refractivity contribution >= 4 is 17.5 Å². The molecule has 0 spiro atoms. The van der Waals surface area contributed by atoms with Gasteiger partial charge in [0.15, 0.2) is 0 Å². The first-order chi connectivity index (χ1) is 9.02. The van der Waals surface area contributed by atoms with E-state index in [0.29, 0.717) is 13.1 Å². The van der Waals surface area contributed by atoms with Crippen molar-refractivity contribution in [3.8, 4) is 0 Å². The number of hydrogen-bond acceptors (Lipinski definition) is 7. The molecule has 1 saturated heterocycles. The van der Waals surface area contributed by atoms with Gasteiger partial charge in [0.05, 0.1) is 4.92 Å². The Morgan fingerprint density at radius 1 is 1.47 bits per heavy atom. The molecular formula is C11H17N5O3. The normalized spacial score (nSPS) is 16.6. The van der Waals surface area contributed by atoms with E-state index >= 15 is 0 Å². The molecule has 0 bridgehead atoms. The fourth-order valence-corrected chi connectivity index (χ4v) is 2.33. The SMILES string of the molecule is Cc1nc(N)nc(N2CCC(CO)CC2)c1[N+](=O)[O-]. The summed E-state index contributed by atoms with van der Waals surface area (Å²) in [6.45, 7) is 2.96. The second-order valence-corrected chi connectivity index (χ2v) is 4.71. The number of nitro groups is 1. The van der Waals surface area contributed by atoms with Gasteiger partial charge in [-0.1, -0.05) is 0 Å². The number of rotatable bonds is 3. The Hall–Kier alpha value is -1.96. The Kier molecular flexibility index (Phi) is 3.79. The molecule has 19 heavy (non-hydrogen) atoms. The Morgan fingerprint density at radius 3 is 2.63 bits per heavy atom. The summed E-state index contributed by atoms with van der Waals surface area (Å²) in [6, 6.07) is 0. The molecule has 0 atom stereocenters. The van der Waals surface area contributed by atoms with E-state index in [0.717, 1.165) is 12.8 Å². The van der Waals surface area contributed by atoms with Gasteiger partial charge in [0.2, 0.25) is 11.8 Å². The number of anilines is 2. The van der Waals surface area contributed by atoms with Crippen molar-refractivity contribution in [3.63, 3.8) is 0 Å². The summed E-state index contributed by atoms with van der Waals surface area (Å²) < 4.78 is 0. The third-order valence-corrected chi connectivity index (χ3v) is 3.41. The maximum Gasteiger partial charge on any atom is 0.332 e. The van der Waals surface area contributed by atoms with Gasteiger partial charge < -0.3 is 15.7 Å². The first kappa shape index (κ1) is 13.5. The summed E-state index contributed by atoms with van der Waals surface area (Å²) in [5.74, 6) is 0.587. The molecule has 1 aromatic rings. The quantitative estimate of drug-likeness (QED) is 0.604. The molecule has 104 valence electrons. The molecule has 2 rings (SSSR count). The Balaban J connectivity index is 2.31. The van der Waals surface area contributed by atoms with Crippen LogP contribution in [-0.4, -0.2) is 39.7 Å². The zero-order chi connectivity index (χ0) is 14.0. The minimum atomic E-state index is -0.470. The van der Waals surface area contributed by atoms with Crippen LogP contribution >= 0.6 is 0 Å². The number of aliphatic hydroxyl groups excluding tert-OH is 1. The summed E-state index contributed by atoms with van der Waals surface area (Å²) in [7, 11) is 0. The van der Waals surface area contributed by atoms with E-state index in [4.69, 9.17) is 10.8 Å². The van der Waals surface area contributed by atoms with Crippen LogP contribution in [0.1, 0.15) is 18.5 Å². The monoisotopic (exact) mass is 267 g/mol. The average molecular weight is 267 g/mol. The number of aromatic nitrogens is 2. The maximum absolute atomic E-state index is 11.1. The largest absolute Gasteiger partial charge is 0.396 e. The van der Waals surface area contributed by atoms with Gasteiger partial charge in [-0.25, -0.2) is 4.98 Å². The second kappa shape index (κ2) is 5.35. The summed E-state index contributed by atoms with van der Waals surface area (Å²) in [4.78, 5) is 20.4. The van der Waals surface area contributed by atoms with Crippen LogP contribution in [0.4, 0.5) is 17.5 Å². The molecule has 0 aliphatic carbocycles. The van der Waals surface area contributed by atoms with Gasteiger partial charge in [0.1, 0.15) is 5.69 Å². The van der Waals surface area contributed by atoms with Gasteiger partial charge in [0, 0.05) is 19.7 Å². The number of nitrogens with zero attached hydrogens (tertiary/aromatic N) is 4. The molecule has 1 aromatic heterocycles. The summed E-state index contributed by atoms with van der Waals surface area (Å²) in [5, 5.41) is 20.2. The van der Waals surface area contributed by atoms with Crippen LogP contribution in [0.5, 0.6) is 0 Å². The first-order valence-corrected chi connectivity index (χ1v) is 6.17. The van der Waals surface area contributed by atoms with E-state index in [9.17, 15) is 10.1 Å². The van der Waals surface area contributed by atoms with Crippen LogP contribution in [0, 0.1) is 23.0 Å². The molecule has 0 radical (unpaired) electrons. The van der Waals surface area contributed by atoms with E-state index in [1.54, 1.807) is 6.92 Å². The van der Waals surface area contributed by atoms with Gasteiger partial charge in [-0.2, -0.15) is 4.98 Å². The van der Waals surface area contributed by atoms with E-state index in [1.165, 1.54) is 0 Å². The van der Waals surface area contributed by atoms with Crippen LogP contribution < -0.4 is 10.6 Å².